The van der Waals surface area contributed by atoms with Crippen molar-refractivity contribution in [1.82, 2.24) is 8.61 Å². The minimum atomic E-state index is -3.71. The lowest BCUT2D eigenvalue weighted by Gasteiger charge is -2.34. The molecular weight excluding hydrogens is 304 g/mol. The number of carbonyl (C=O) groups excluding carboxylic acids is 1. The number of carbonyl (C=O) groups is 1. The van der Waals surface area contributed by atoms with Gasteiger partial charge in [-0.3, -0.25) is 4.79 Å². The number of rotatable bonds is 5. The second-order valence-electron chi connectivity index (χ2n) is 5.58. The van der Waals surface area contributed by atoms with E-state index in [1.54, 1.807) is 13.8 Å². The second kappa shape index (κ2) is 6.76. The molecule has 0 saturated heterocycles. The Balaban J connectivity index is 2.24. The summed E-state index contributed by atoms with van der Waals surface area (Å²) in [6.45, 7) is 3.98. The maximum absolute atomic E-state index is 12.8. The van der Waals surface area contributed by atoms with Crippen molar-refractivity contribution in [3.63, 3.8) is 0 Å². The molecule has 1 heterocycles. The fourth-order valence-electron chi connectivity index (χ4n) is 2.54. The van der Waals surface area contributed by atoms with E-state index in [0.717, 1.165) is 5.56 Å². The predicted octanol–water partition coefficient (Wildman–Crippen LogP) is 1.17. The Morgan fingerprint density at radius 1 is 1.32 bits per heavy atom. The van der Waals surface area contributed by atoms with E-state index in [-0.39, 0.29) is 12.6 Å². The first kappa shape index (κ1) is 16.9. The van der Waals surface area contributed by atoms with Crippen molar-refractivity contribution in [2.75, 3.05) is 20.2 Å². The molecule has 7 heteroatoms. The number of hydrogen-bond acceptors (Lipinski definition) is 4. The van der Waals surface area contributed by atoms with Gasteiger partial charge in [0, 0.05) is 19.1 Å². The molecule has 0 aliphatic carbocycles. The van der Waals surface area contributed by atoms with Gasteiger partial charge < -0.3 is 4.74 Å². The average molecular weight is 326 g/mol. The number of esters is 1. The number of ether oxygens (including phenoxy) is 1. The van der Waals surface area contributed by atoms with E-state index >= 15 is 0 Å². The van der Waals surface area contributed by atoms with Gasteiger partial charge in [-0.25, -0.2) is 0 Å². The number of methoxy groups -OCH3 is 1. The molecular formula is C15H22N2O4S. The molecule has 6 nitrogen and oxygen atoms in total. The van der Waals surface area contributed by atoms with Crippen LogP contribution < -0.4 is 0 Å². The molecule has 0 aromatic heterocycles. The van der Waals surface area contributed by atoms with E-state index in [4.69, 9.17) is 0 Å². The summed E-state index contributed by atoms with van der Waals surface area (Å²) in [4.78, 5) is 11.5. The first-order valence-corrected chi connectivity index (χ1v) is 8.66. The fraction of sp³-hybridized carbons (Fsp3) is 0.533. The molecule has 1 aromatic rings. The standard InChI is InChI=1S/C15H22N2O4S/c1-12(2)17(11-15(18)21-3)22(19,20)16-9-8-13-6-4-5-7-14(13)10-16/h4-7,12H,8-11H2,1-3H3. The maximum Gasteiger partial charge on any atom is 0.321 e. The zero-order chi connectivity index (χ0) is 16.3. The van der Waals surface area contributed by atoms with Gasteiger partial charge in [-0.2, -0.15) is 17.0 Å². The third-order valence-corrected chi connectivity index (χ3v) is 5.91. The topological polar surface area (TPSA) is 66.9 Å². The molecule has 1 aliphatic heterocycles. The lowest BCUT2D eigenvalue weighted by atomic mass is 10.0. The van der Waals surface area contributed by atoms with Crippen LogP contribution in [0.2, 0.25) is 0 Å². The van der Waals surface area contributed by atoms with E-state index in [2.05, 4.69) is 4.74 Å². The largest absolute Gasteiger partial charge is 0.468 e. The fourth-order valence-corrected chi connectivity index (χ4v) is 4.26. The third-order valence-electron chi connectivity index (χ3n) is 3.81. The van der Waals surface area contributed by atoms with Crippen molar-refractivity contribution in [3.8, 4) is 0 Å². The van der Waals surface area contributed by atoms with E-state index in [0.29, 0.717) is 19.5 Å². The Hall–Kier alpha value is -1.44. The summed E-state index contributed by atoms with van der Waals surface area (Å²) in [5, 5.41) is 0. The Kier molecular flexibility index (Phi) is 5.20. The van der Waals surface area contributed by atoms with E-state index in [1.807, 2.05) is 24.3 Å². The van der Waals surface area contributed by atoms with Crippen LogP contribution in [0.15, 0.2) is 24.3 Å². The van der Waals surface area contributed by atoms with Crippen molar-refractivity contribution < 1.29 is 17.9 Å². The molecule has 0 atom stereocenters. The maximum atomic E-state index is 12.8. The molecule has 0 bridgehead atoms. The van der Waals surface area contributed by atoms with Crippen molar-refractivity contribution in [3.05, 3.63) is 35.4 Å². The Morgan fingerprint density at radius 3 is 2.55 bits per heavy atom. The Bertz CT molecular complexity index is 643. The van der Waals surface area contributed by atoms with Crippen molar-refractivity contribution in [2.45, 2.75) is 32.9 Å². The van der Waals surface area contributed by atoms with E-state index in [1.165, 1.54) is 21.3 Å². The molecule has 1 aliphatic rings. The average Bonchev–Trinajstić information content (AvgIpc) is 2.51. The summed E-state index contributed by atoms with van der Waals surface area (Å²) in [5.74, 6) is -0.560. The molecule has 0 saturated carbocycles. The van der Waals surface area contributed by atoms with Gasteiger partial charge in [0.2, 0.25) is 0 Å². The zero-order valence-electron chi connectivity index (χ0n) is 13.2. The molecule has 0 fully saturated rings. The first-order valence-electron chi connectivity index (χ1n) is 7.26. The summed E-state index contributed by atoms with van der Waals surface area (Å²) >= 11 is 0. The minimum absolute atomic E-state index is 0.269. The number of hydrogen-bond donors (Lipinski definition) is 0. The zero-order valence-corrected chi connectivity index (χ0v) is 14.0. The van der Waals surface area contributed by atoms with Gasteiger partial charge in [0.15, 0.2) is 0 Å². The van der Waals surface area contributed by atoms with Crippen LogP contribution in [0.5, 0.6) is 0 Å². The lowest BCUT2D eigenvalue weighted by molar-refractivity contribution is -0.141. The Labute approximate surface area is 131 Å². The van der Waals surface area contributed by atoms with Crippen molar-refractivity contribution >= 4 is 16.2 Å². The number of benzene rings is 1. The summed E-state index contributed by atoms with van der Waals surface area (Å²) in [6, 6.07) is 7.51. The monoisotopic (exact) mass is 326 g/mol. The molecule has 2 rings (SSSR count). The molecule has 122 valence electrons. The van der Waals surface area contributed by atoms with Gasteiger partial charge in [-0.1, -0.05) is 24.3 Å². The molecule has 0 unspecified atom stereocenters. The molecule has 0 amide bonds. The van der Waals surface area contributed by atoms with Gasteiger partial charge in [0.25, 0.3) is 10.2 Å². The molecule has 0 N–H and O–H groups in total. The van der Waals surface area contributed by atoms with Crippen LogP contribution in [0.25, 0.3) is 0 Å². The normalized spacial score (nSPS) is 15.9. The second-order valence-corrected chi connectivity index (χ2v) is 7.46. The highest BCUT2D eigenvalue weighted by Gasteiger charge is 2.35. The number of nitrogens with zero attached hydrogens (tertiary/aromatic N) is 2. The lowest BCUT2D eigenvalue weighted by Crippen LogP contribution is -2.50. The van der Waals surface area contributed by atoms with Gasteiger partial charge in [0.1, 0.15) is 6.54 Å². The Morgan fingerprint density at radius 2 is 1.95 bits per heavy atom. The van der Waals surface area contributed by atoms with Crippen LogP contribution in [0.1, 0.15) is 25.0 Å². The van der Waals surface area contributed by atoms with Gasteiger partial charge in [-0.05, 0) is 31.4 Å². The van der Waals surface area contributed by atoms with Crippen molar-refractivity contribution in [2.24, 2.45) is 0 Å². The minimum Gasteiger partial charge on any atom is -0.468 e. The van der Waals surface area contributed by atoms with Crippen LogP contribution in [0.4, 0.5) is 0 Å². The molecule has 1 aromatic carbocycles. The van der Waals surface area contributed by atoms with Crippen LogP contribution in [0.3, 0.4) is 0 Å². The van der Waals surface area contributed by atoms with E-state index in [9.17, 15) is 13.2 Å². The number of fused-ring (bicyclic) bond motifs is 1. The SMILES string of the molecule is COC(=O)CN(C(C)C)S(=O)(=O)N1CCc2ccccc2C1. The first-order chi connectivity index (χ1) is 10.4. The van der Waals surface area contributed by atoms with Gasteiger partial charge in [0.05, 0.1) is 7.11 Å². The predicted molar refractivity (Wildman–Crippen MR) is 83.3 cm³/mol. The van der Waals surface area contributed by atoms with E-state index < -0.39 is 16.2 Å². The van der Waals surface area contributed by atoms with Crippen LogP contribution in [0, 0.1) is 0 Å². The van der Waals surface area contributed by atoms with Crippen LogP contribution >= 0.6 is 0 Å². The summed E-state index contributed by atoms with van der Waals surface area (Å²) in [6.07, 6.45) is 0.680. The van der Waals surface area contributed by atoms with Gasteiger partial charge >= 0.3 is 5.97 Å². The van der Waals surface area contributed by atoms with Crippen molar-refractivity contribution in [1.29, 1.82) is 0 Å². The van der Waals surface area contributed by atoms with Gasteiger partial charge in [-0.15, -0.1) is 0 Å². The quantitative estimate of drug-likeness (QED) is 0.762. The summed E-state index contributed by atoms with van der Waals surface area (Å²) in [5.41, 5.74) is 2.19. The highest BCUT2D eigenvalue weighted by molar-refractivity contribution is 7.86. The summed E-state index contributed by atoms with van der Waals surface area (Å²) < 4.78 is 32.9. The molecule has 22 heavy (non-hydrogen) atoms. The highest BCUT2D eigenvalue weighted by Crippen LogP contribution is 2.23. The highest BCUT2D eigenvalue weighted by atomic mass is 32.2. The van der Waals surface area contributed by atoms with Crippen LogP contribution in [-0.4, -0.2) is 49.2 Å². The molecule has 0 radical (unpaired) electrons. The van der Waals surface area contributed by atoms with Crippen LogP contribution in [-0.2, 0) is 32.7 Å². The smallest absolute Gasteiger partial charge is 0.321 e. The third kappa shape index (κ3) is 3.48. The molecule has 0 spiro atoms. The summed E-state index contributed by atoms with van der Waals surface area (Å²) in [7, 11) is -2.45.